The molecule has 2 atom stereocenters. The molecule has 138 valence electrons. The number of primary amides is 1. The number of carbonyl (C=O) groups excluding carboxylic acids is 1. The van der Waals surface area contributed by atoms with Gasteiger partial charge < -0.3 is 25.5 Å². The van der Waals surface area contributed by atoms with Gasteiger partial charge in [-0.2, -0.15) is 10.4 Å². The fourth-order valence-electron chi connectivity index (χ4n) is 3.40. The van der Waals surface area contributed by atoms with Gasteiger partial charge in [-0.3, -0.25) is 9.48 Å². The van der Waals surface area contributed by atoms with Gasteiger partial charge in [0, 0.05) is 18.5 Å². The fourth-order valence-corrected chi connectivity index (χ4v) is 3.40. The summed E-state index contributed by atoms with van der Waals surface area (Å²) in [5.41, 5.74) is 7.94. The molecule has 3 heterocycles. The Kier molecular flexibility index (Phi) is 4.57. The van der Waals surface area contributed by atoms with Gasteiger partial charge in [0.1, 0.15) is 5.56 Å². The minimum Gasteiger partial charge on any atom is -0.423 e. The quantitative estimate of drug-likeness (QED) is 0.650. The molecule has 2 aliphatic rings. The van der Waals surface area contributed by atoms with Crippen molar-refractivity contribution in [2.24, 2.45) is 11.7 Å². The Morgan fingerprint density at radius 2 is 2.37 bits per heavy atom. The van der Waals surface area contributed by atoms with Crippen LogP contribution in [0.25, 0.3) is 0 Å². The predicted molar refractivity (Wildman–Crippen MR) is 96.4 cm³/mol. The van der Waals surface area contributed by atoms with E-state index in [4.69, 9.17) is 15.1 Å². The molecule has 1 fully saturated rings. The van der Waals surface area contributed by atoms with Crippen LogP contribution in [0.3, 0.4) is 0 Å². The van der Waals surface area contributed by atoms with E-state index in [-0.39, 0.29) is 23.3 Å². The molecule has 9 nitrogen and oxygen atoms in total. The first-order valence-corrected chi connectivity index (χ1v) is 8.62. The zero-order chi connectivity index (χ0) is 19.0. The van der Waals surface area contributed by atoms with E-state index in [2.05, 4.69) is 16.5 Å². The van der Waals surface area contributed by atoms with Gasteiger partial charge in [-0.05, 0) is 29.6 Å². The molecule has 1 aromatic carbocycles. The van der Waals surface area contributed by atoms with Crippen LogP contribution in [-0.4, -0.2) is 41.0 Å². The lowest BCUT2D eigenvalue weighted by atomic mass is 9.79. The Balaban J connectivity index is 1.65. The Morgan fingerprint density at radius 1 is 1.52 bits per heavy atom. The SMILES string of the molecule is N#C[C@@H]1CCOC[C@H]1n1cc(C(N)=O)c(Nc2ccc3c(c2)B(O)OC3)n1. The number of aromatic nitrogens is 2. The van der Waals surface area contributed by atoms with Crippen LogP contribution in [0.15, 0.2) is 24.4 Å². The van der Waals surface area contributed by atoms with E-state index in [0.29, 0.717) is 37.4 Å². The summed E-state index contributed by atoms with van der Waals surface area (Å²) in [6, 6.07) is 7.39. The highest BCUT2D eigenvalue weighted by molar-refractivity contribution is 6.61. The normalized spacial score (nSPS) is 21.6. The van der Waals surface area contributed by atoms with Crippen LogP contribution >= 0.6 is 0 Å². The first-order valence-electron chi connectivity index (χ1n) is 8.62. The maximum atomic E-state index is 11.9. The smallest absolute Gasteiger partial charge is 0.423 e. The molecule has 10 heteroatoms. The third kappa shape index (κ3) is 3.28. The number of nitrogens with two attached hydrogens (primary N) is 1. The van der Waals surface area contributed by atoms with Crippen molar-refractivity contribution >= 4 is 30.0 Å². The van der Waals surface area contributed by atoms with Gasteiger partial charge in [-0.1, -0.05) is 6.07 Å². The van der Waals surface area contributed by atoms with Crippen LogP contribution < -0.4 is 16.5 Å². The fraction of sp³-hybridized carbons (Fsp3) is 0.353. The van der Waals surface area contributed by atoms with Crippen molar-refractivity contribution in [1.29, 1.82) is 5.26 Å². The highest BCUT2D eigenvalue weighted by atomic mass is 16.5. The summed E-state index contributed by atoms with van der Waals surface area (Å²) in [5, 5.41) is 26.7. The summed E-state index contributed by atoms with van der Waals surface area (Å²) in [6.07, 6.45) is 2.15. The van der Waals surface area contributed by atoms with Gasteiger partial charge in [0.05, 0.1) is 31.2 Å². The minimum atomic E-state index is -0.967. The zero-order valence-corrected chi connectivity index (χ0v) is 14.5. The van der Waals surface area contributed by atoms with E-state index in [1.165, 1.54) is 0 Å². The molecule has 1 aromatic heterocycles. The largest absolute Gasteiger partial charge is 0.491 e. The number of fused-ring (bicyclic) bond motifs is 1. The van der Waals surface area contributed by atoms with Crippen LogP contribution in [0, 0.1) is 17.2 Å². The standard InChI is InChI=1S/C17H18BN5O4/c19-6-10-3-4-26-9-15(10)23-7-13(16(20)24)17(22-23)21-12-2-1-11-8-27-18(25)14(11)5-12/h1-2,5,7,10,15,25H,3-4,8-9H2,(H2,20,24)(H,21,22)/t10-,15+/m0/s1. The molecule has 1 amide bonds. The first-order chi connectivity index (χ1) is 13.1. The van der Waals surface area contributed by atoms with Gasteiger partial charge in [-0.15, -0.1) is 0 Å². The van der Waals surface area contributed by atoms with E-state index >= 15 is 0 Å². The van der Waals surface area contributed by atoms with Crippen LogP contribution in [0.4, 0.5) is 11.5 Å². The third-order valence-electron chi connectivity index (χ3n) is 4.90. The number of rotatable bonds is 4. The number of hydrogen-bond donors (Lipinski definition) is 3. The maximum Gasteiger partial charge on any atom is 0.491 e. The molecule has 0 radical (unpaired) electrons. The zero-order valence-electron chi connectivity index (χ0n) is 14.5. The van der Waals surface area contributed by atoms with Gasteiger partial charge in [0.25, 0.3) is 5.91 Å². The monoisotopic (exact) mass is 367 g/mol. The lowest BCUT2D eigenvalue weighted by Gasteiger charge is -2.26. The van der Waals surface area contributed by atoms with Gasteiger partial charge in [-0.25, -0.2) is 0 Å². The number of benzene rings is 1. The lowest BCUT2D eigenvalue weighted by Crippen LogP contribution is -2.29. The summed E-state index contributed by atoms with van der Waals surface area (Å²) in [4.78, 5) is 11.9. The number of nitriles is 1. The molecule has 0 bridgehead atoms. The topological polar surface area (TPSA) is 135 Å². The van der Waals surface area contributed by atoms with Gasteiger partial charge in [0.15, 0.2) is 5.82 Å². The van der Waals surface area contributed by atoms with Crippen molar-refractivity contribution in [3.05, 3.63) is 35.5 Å². The van der Waals surface area contributed by atoms with E-state index in [1.54, 1.807) is 16.9 Å². The molecule has 4 rings (SSSR count). The van der Waals surface area contributed by atoms with Crippen LogP contribution in [0.1, 0.15) is 28.4 Å². The number of nitrogens with one attached hydrogen (secondary N) is 1. The molecular weight excluding hydrogens is 349 g/mol. The average molecular weight is 367 g/mol. The second-order valence-corrected chi connectivity index (χ2v) is 6.60. The number of amides is 1. The Hall–Kier alpha value is -2.87. The van der Waals surface area contributed by atoms with Crippen molar-refractivity contribution < 1.29 is 19.2 Å². The van der Waals surface area contributed by atoms with Crippen LogP contribution in [0.5, 0.6) is 0 Å². The molecule has 0 saturated carbocycles. The first kappa shape index (κ1) is 17.5. The molecule has 1 saturated heterocycles. The van der Waals surface area contributed by atoms with Gasteiger partial charge >= 0.3 is 7.12 Å². The summed E-state index contributed by atoms with van der Waals surface area (Å²) in [6.45, 7) is 1.23. The summed E-state index contributed by atoms with van der Waals surface area (Å²) < 4.78 is 12.2. The minimum absolute atomic E-state index is 0.217. The van der Waals surface area contributed by atoms with E-state index in [1.807, 2.05) is 12.1 Å². The molecule has 0 spiro atoms. The summed E-state index contributed by atoms with van der Waals surface area (Å²) in [7, 11) is -0.967. The summed E-state index contributed by atoms with van der Waals surface area (Å²) in [5.74, 6) is -0.587. The predicted octanol–water partition coefficient (Wildman–Crippen LogP) is 0.0445. The highest BCUT2D eigenvalue weighted by Crippen LogP contribution is 2.28. The molecule has 0 unspecified atom stereocenters. The lowest BCUT2D eigenvalue weighted by molar-refractivity contribution is 0.0342. The molecule has 0 aliphatic carbocycles. The molecule has 2 aromatic rings. The molecular formula is C17H18BN5O4. The van der Waals surface area contributed by atoms with Gasteiger partial charge in [0.2, 0.25) is 0 Å². The molecule has 4 N–H and O–H groups in total. The van der Waals surface area contributed by atoms with Crippen molar-refractivity contribution in [1.82, 2.24) is 9.78 Å². The van der Waals surface area contributed by atoms with Crippen molar-refractivity contribution in [2.75, 3.05) is 18.5 Å². The van der Waals surface area contributed by atoms with Crippen molar-refractivity contribution in [3.63, 3.8) is 0 Å². The molecule has 2 aliphatic heterocycles. The number of ether oxygens (including phenoxy) is 1. The summed E-state index contributed by atoms with van der Waals surface area (Å²) >= 11 is 0. The number of carbonyl (C=O) groups is 1. The number of anilines is 2. The van der Waals surface area contributed by atoms with Crippen molar-refractivity contribution in [2.45, 2.75) is 19.1 Å². The third-order valence-corrected chi connectivity index (χ3v) is 4.90. The van der Waals surface area contributed by atoms with Crippen molar-refractivity contribution in [3.8, 4) is 6.07 Å². The Bertz CT molecular complexity index is 925. The second kappa shape index (κ2) is 7.04. The number of nitrogens with zero attached hydrogens (tertiary/aromatic N) is 3. The van der Waals surface area contributed by atoms with E-state index in [0.717, 1.165) is 5.56 Å². The van der Waals surface area contributed by atoms with Crippen LogP contribution in [-0.2, 0) is 16.0 Å². The Morgan fingerprint density at radius 3 is 3.15 bits per heavy atom. The maximum absolute atomic E-state index is 11.9. The highest BCUT2D eigenvalue weighted by Gasteiger charge is 2.30. The number of hydrogen-bond acceptors (Lipinski definition) is 7. The van der Waals surface area contributed by atoms with Crippen LogP contribution in [0.2, 0.25) is 0 Å². The van der Waals surface area contributed by atoms with E-state index in [9.17, 15) is 15.1 Å². The average Bonchev–Trinajstić information content (AvgIpc) is 3.26. The molecule has 27 heavy (non-hydrogen) atoms. The second-order valence-electron chi connectivity index (χ2n) is 6.60. The Labute approximate surface area is 155 Å². The van der Waals surface area contributed by atoms with E-state index < -0.39 is 13.0 Å².